The molecule has 2 rings (SSSR count). The van der Waals surface area contributed by atoms with E-state index in [0.717, 1.165) is 12.2 Å². The number of hydrogen-bond donors (Lipinski definition) is 1. The summed E-state index contributed by atoms with van der Waals surface area (Å²) in [4.78, 5) is 10.6. The third-order valence-corrected chi connectivity index (χ3v) is 4.24. The van der Waals surface area contributed by atoms with Crippen molar-refractivity contribution in [1.29, 1.82) is 0 Å². The smallest absolute Gasteiger partial charge is 0.274 e. The molecule has 98 valence electrons. The molecule has 1 aliphatic rings. The third kappa shape index (κ3) is 2.47. The number of aryl methyl sites for hydroxylation is 1. The number of nitrogens with zero attached hydrogens (tertiary/aromatic N) is 1. The Morgan fingerprint density at radius 3 is 2.67 bits per heavy atom. The number of anilines is 1. The highest BCUT2D eigenvalue weighted by Crippen LogP contribution is 2.43. The Morgan fingerprint density at radius 1 is 1.44 bits per heavy atom. The van der Waals surface area contributed by atoms with Crippen LogP contribution in [0.2, 0.25) is 0 Å². The number of nitro benzene ring substituents is 1. The molecule has 1 aromatic rings. The normalized spacial score (nSPS) is 17.0. The topological polar surface area (TPSA) is 55.2 Å². The number of hydrogen-bond acceptors (Lipinski definition) is 3. The van der Waals surface area contributed by atoms with Crippen molar-refractivity contribution in [3.8, 4) is 0 Å². The van der Waals surface area contributed by atoms with Gasteiger partial charge in [0.15, 0.2) is 0 Å². The molecular formula is C14H20N2O2. The van der Waals surface area contributed by atoms with Crippen LogP contribution in [-0.2, 0) is 0 Å². The first-order valence-electron chi connectivity index (χ1n) is 6.55. The van der Waals surface area contributed by atoms with Crippen molar-refractivity contribution in [2.24, 2.45) is 5.41 Å². The van der Waals surface area contributed by atoms with Crippen LogP contribution in [0.15, 0.2) is 18.2 Å². The second-order valence-electron chi connectivity index (χ2n) is 5.32. The fraction of sp³-hybridized carbons (Fsp3) is 0.571. The van der Waals surface area contributed by atoms with E-state index >= 15 is 0 Å². The van der Waals surface area contributed by atoms with Crippen LogP contribution < -0.4 is 5.32 Å². The quantitative estimate of drug-likeness (QED) is 0.635. The van der Waals surface area contributed by atoms with Gasteiger partial charge in [-0.1, -0.05) is 19.4 Å². The minimum atomic E-state index is -0.320. The van der Waals surface area contributed by atoms with E-state index < -0.39 is 0 Å². The molecule has 0 aromatic heterocycles. The molecule has 4 heteroatoms. The van der Waals surface area contributed by atoms with Crippen molar-refractivity contribution in [2.75, 3.05) is 11.9 Å². The van der Waals surface area contributed by atoms with Gasteiger partial charge in [0.1, 0.15) is 0 Å². The van der Waals surface area contributed by atoms with Crippen molar-refractivity contribution < 1.29 is 4.92 Å². The van der Waals surface area contributed by atoms with Gasteiger partial charge in [0.2, 0.25) is 0 Å². The van der Waals surface area contributed by atoms with E-state index in [-0.39, 0.29) is 10.6 Å². The first kappa shape index (κ1) is 12.9. The Morgan fingerprint density at radius 2 is 2.17 bits per heavy atom. The summed E-state index contributed by atoms with van der Waals surface area (Å²) in [6, 6.07) is 5.36. The molecule has 0 heterocycles. The van der Waals surface area contributed by atoms with Gasteiger partial charge in [-0.25, -0.2) is 0 Å². The Balaban J connectivity index is 2.06. The molecule has 18 heavy (non-hydrogen) atoms. The monoisotopic (exact) mass is 248 g/mol. The summed E-state index contributed by atoms with van der Waals surface area (Å²) in [5.41, 5.74) is 2.17. The van der Waals surface area contributed by atoms with E-state index in [4.69, 9.17) is 0 Å². The van der Waals surface area contributed by atoms with Crippen LogP contribution in [-0.4, -0.2) is 11.5 Å². The lowest BCUT2D eigenvalue weighted by molar-refractivity contribution is -0.385. The average Bonchev–Trinajstić information content (AvgIpc) is 2.30. The second kappa shape index (κ2) is 4.96. The van der Waals surface area contributed by atoms with Gasteiger partial charge in [-0.05, 0) is 37.7 Å². The predicted molar refractivity (Wildman–Crippen MR) is 72.9 cm³/mol. The van der Waals surface area contributed by atoms with Crippen LogP contribution in [0, 0.1) is 22.5 Å². The first-order chi connectivity index (χ1) is 8.56. The molecule has 0 saturated heterocycles. The fourth-order valence-electron chi connectivity index (χ4n) is 2.54. The molecule has 0 aliphatic heterocycles. The summed E-state index contributed by atoms with van der Waals surface area (Å²) in [6.45, 7) is 4.91. The Kier molecular flexibility index (Phi) is 3.55. The van der Waals surface area contributed by atoms with E-state index in [2.05, 4.69) is 12.2 Å². The molecule has 0 bridgehead atoms. The molecule has 0 radical (unpaired) electrons. The molecule has 1 aromatic carbocycles. The van der Waals surface area contributed by atoms with Gasteiger partial charge < -0.3 is 5.32 Å². The van der Waals surface area contributed by atoms with Gasteiger partial charge in [0.05, 0.1) is 4.92 Å². The maximum Gasteiger partial charge on any atom is 0.274 e. The summed E-state index contributed by atoms with van der Waals surface area (Å²) in [5.74, 6) is 0. The van der Waals surface area contributed by atoms with E-state index in [1.165, 1.54) is 25.7 Å². The maximum atomic E-state index is 10.9. The second-order valence-corrected chi connectivity index (χ2v) is 5.32. The van der Waals surface area contributed by atoms with Gasteiger partial charge in [-0.15, -0.1) is 0 Å². The minimum absolute atomic E-state index is 0.194. The van der Waals surface area contributed by atoms with Crippen molar-refractivity contribution >= 4 is 11.4 Å². The maximum absolute atomic E-state index is 10.9. The van der Waals surface area contributed by atoms with Crippen LogP contribution in [0.5, 0.6) is 0 Å². The average molecular weight is 248 g/mol. The minimum Gasteiger partial charge on any atom is -0.384 e. The fourth-order valence-corrected chi connectivity index (χ4v) is 2.54. The molecule has 1 saturated carbocycles. The highest BCUT2D eigenvalue weighted by Gasteiger charge is 2.34. The molecule has 0 amide bonds. The largest absolute Gasteiger partial charge is 0.384 e. The number of benzene rings is 1. The van der Waals surface area contributed by atoms with E-state index in [9.17, 15) is 10.1 Å². The predicted octanol–water partition coefficient (Wildman–Crippen LogP) is 3.90. The zero-order chi connectivity index (χ0) is 13.2. The summed E-state index contributed by atoms with van der Waals surface area (Å²) < 4.78 is 0. The summed E-state index contributed by atoms with van der Waals surface area (Å²) >= 11 is 0. The number of nitro groups is 1. The molecule has 4 nitrogen and oxygen atoms in total. The van der Waals surface area contributed by atoms with Crippen LogP contribution in [0.1, 0.15) is 38.2 Å². The zero-order valence-corrected chi connectivity index (χ0v) is 11.0. The van der Waals surface area contributed by atoms with Crippen molar-refractivity contribution in [1.82, 2.24) is 0 Å². The van der Waals surface area contributed by atoms with Crippen molar-refractivity contribution in [2.45, 2.75) is 39.5 Å². The lowest BCUT2D eigenvalue weighted by Crippen LogP contribution is -2.35. The third-order valence-electron chi connectivity index (χ3n) is 4.24. The zero-order valence-electron chi connectivity index (χ0n) is 11.0. The van der Waals surface area contributed by atoms with Gasteiger partial charge >= 0.3 is 0 Å². The Hall–Kier alpha value is -1.58. The highest BCUT2D eigenvalue weighted by atomic mass is 16.6. The number of nitrogens with one attached hydrogen (secondary N) is 1. The van der Waals surface area contributed by atoms with E-state index in [1.807, 2.05) is 6.07 Å². The van der Waals surface area contributed by atoms with E-state index in [0.29, 0.717) is 11.0 Å². The highest BCUT2D eigenvalue weighted by molar-refractivity contribution is 5.55. The van der Waals surface area contributed by atoms with Crippen molar-refractivity contribution in [3.05, 3.63) is 33.9 Å². The SMILES string of the molecule is CCC1(CNc2ccc(C)c([N+](=O)[O-])c2)CCC1. The molecule has 1 aliphatic carbocycles. The standard InChI is InChI=1S/C14H20N2O2/c1-3-14(7-4-8-14)10-15-12-6-5-11(2)13(9-12)16(17)18/h5-6,9,15H,3-4,7-8,10H2,1-2H3. The Bertz CT molecular complexity index is 448. The molecule has 0 atom stereocenters. The summed E-state index contributed by atoms with van der Waals surface area (Å²) in [7, 11) is 0. The number of rotatable bonds is 5. The van der Waals surface area contributed by atoms with Crippen LogP contribution in [0.25, 0.3) is 0 Å². The lowest BCUT2D eigenvalue weighted by atomic mass is 9.67. The van der Waals surface area contributed by atoms with Crippen molar-refractivity contribution in [3.63, 3.8) is 0 Å². The molecule has 0 unspecified atom stereocenters. The Labute approximate surface area is 108 Å². The van der Waals surface area contributed by atoms with Crippen LogP contribution in [0.4, 0.5) is 11.4 Å². The summed E-state index contributed by atoms with van der Waals surface area (Å²) in [6.07, 6.45) is 5.02. The van der Waals surface area contributed by atoms with Gasteiger partial charge in [0.25, 0.3) is 5.69 Å². The molecular weight excluding hydrogens is 228 g/mol. The summed E-state index contributed by atoms with van der Waals surface area (Å²) in [5, 5.41) is 14.2. The van der Waals surface area contributed by atoms with Gasteiger partial charge in [0, 0.05) is 23.9 Å². The molecule has 1 fully saturated rings. The first-order valence-corrected chi connectivity index (χ1v) is 6.55. The van der Waals surface area contributed by atoms with Gasteiger partial charge in [-0.3, -0.25) is 10.1 Å². The van der Waals surface area contributed by atoms with E-state index in [1.54, 1.807) is 19.1 Å². The molecule has 1 N–H and O–H groups in total. The molecule has 0 spiro atoms. The van der Waals surface area contributed by atoms with Crippen LogP contribution >= 0.6 is 0 Å². The van der Waals surface area contributed by atoms with Gasteiger partial charge in [-0.2, -0.15) is 0 Å². The van der Waals surface area contributed by atoms with Crippen LogP contribution in [0.3, 0.4) is 0 Å². The lowest BCUT2D eigenvalue weighted by Gasteiger charge is -2.41.